The number of thioether (sulfide) groups is 1. The second-order valence-corrected chi connectivity index (χ2v) is 5.21. The van der Waals surface area contributed by atoms with Gasteiger partial charge in [-0.2, -0.15) is 0 Å². The molecule has 0 aliphatic carbocycles. The van der Waals surface area contributed by atoms with Crippen LogP contribution in [0.25, 0.3) is 0 Å². The van der Waals surface area contributed by atoms with E-state index in [9.17, 15) is 9.59 Å². The molecule has 6 heteroatoms. The van der Waals surface area contributed by atoms with Gasteiger partial charge in [0.15, 0.2) is 0 Å². The predicted octanol–water partition coefficient (Wildman–Crippen LogP) is 1.23. The van der Waals surface area contributed by atoms with Crippen molar-refractivity contribution < 1.29 is 9.59 Å². The smallest absolute Gasteiger partial charge is 0.241 e. The van der Waals surface area contributed by atoms with Crippen molar-refractivity contribution in [1.29, 1.82) is 0 Å². The summed E-state index contributed by atoms with van der Waals surface area (Å²) in [6.07, 6.45) is 0. The van der Waals surface area contributed by atoms with Crippen molar-refractivity contribution in [3.05, 3.63) is 18.2 Å². The van der Waals surface area contributed by atoms with Crippen LogP contribution in [0.1, 0.15) is 0 Å². The zero-order chi connectivity index (χ0) is 13.1. The van der Waals surface area contributed by atoms with Gasteiger partial charge in [0.25, 0.3) is 0 Å². The third-order valence-corrected chi connectivity index (χ3v) is 3.63. The molecule has 1 aromatic rings. The fraction of sp³-hybridized carbons (Fsp3) is 0.333. The highest BCUT2D eigenvalue weighted by Gasteiger charge is 2.15. The summed E-state index contributed by atoms with van der Waals surface area (Å²) in [7, 11) is 3.43. The molecule has 18 heavy (non-hydrogen) atoms. The number of hydrogen-bond acceptors (Lipinski definition) is 4. The van der Waals surface area contributed by atoms with Crippen LogP contribution >= 0.6 is 11.8 Å². The number of hydrogen-bond donors (Lipinski definition) is 2. The summed E-state index contributed by atoms with van der Waals surface area (Å²) in [6.45, 7) is 0.243. The molecule has 0 bridgehead atoms. The number of amides is 2. The molecule has 0 atom stereocenters. The summed E-state index contributed by atoms with van der Waals surface area (Å²) < 4.78 is 0. The molecule has 0 saturated heterocycles. The molecule has 0 saturated carbocycles. The van der Waals surface area contributed by atoms with Gasteiger partial charge in [-0.25, -0.2) is 0 Å². The molecule has 2 amide bonds. The Morgan fingerprint density at radius 3 is 3.00 bits per heavy atom. The van der Waals surface area contributed by atoms with Gasteiger partial charge in [0.1, 0.15) is 0 Å². The highest BCUT2D eigenvalue weighted by molar-refractivity contribution is 8.00. The Labute approximate surface area is 110 Å². The minimum atomic E-state index is 0.00568. The molecule has 0 radical (unpaired) electrons. The zero-order valence-corrected chi connectivity index (χ0v) is 11.1. The fourth-order valence-corrected chi connectivity index (χ4v) is 2.32. The third-order valence-electron chi connectivity index (χ3n) is 2.55. The number of carbonyl (C=O) groups is 2. The number of anilines is 2. The van der Waals surface area contributed by atoms with E-state index in [2.05, 4.69) is 10.6 Å². The second-order valence-electron chi connectivity index (χ2n) is 4.19. The van der Waals surface area contributed by atoms with Gasteiger partial charge < -0.3 is 15.5 Å². The maximum Gasteiger partial charge on any atom is 0.241 e. The predicted molar refractivity (Wildman–Crippen MR) is 73.0 cm³/mol. The van der Waals surface area contributed by atoms with Crippen LogP contribution in [0.2, 0.25) is 0 Å². The van der Waals surface area contributed by atoms with Gasteiger partial charge in [-0.15, -0.1) is 11.8 Å². The van der Waals surface area contributed by atoms with Crippen LogP contribution in [0.3, 0.4) is 0 Å². The van der Waals surface area contributed by atoms with Crippen molar-refractivity contribution in [1.82, 2.24) is 4.90 Å². The van der Waals surface area contributed by atoms with E-state index in [0.29, 0.717) is 5.75 Å². The van der Waals surface area contributed by atoms with Crippen LogP contribution in [0, 0.1) is 0 Å². The van der Waals surface area contributed by atoms with Crippen LogP contribution in [-0.2, 0) is 9.59 Å². The van der Waals surface area contributed by atoms with E-state index in [1.165, 1.54) is 16.7 Å². The van der Waals surface area contributed by atoms with Gasteiger partial charge in [0.05, 0.1) is 18.0 Å². The molecule has 1 aromatic carbocycles. The molecule has 5 nitrogen and oxygen atoms in total. The first-order valence-corrected chi connectivity index (χ1v) is 6.55. The Kier molecular flexibility index (Phi) is 3.76. The van der Waals surface area contributed by atoms with Crippen LogP contribution in [0.4, 0.5) is 11.4 Å². The van der Waals surface area contributed by atoms with E-state index in [0.717, 1.165) is 16.3 Å². The lowest BCUT2D eigenvalue weighted by molar-refractivity contribution is -0.126. The molecule has 0 fully saturated rings. The van der Waals surface area contributed by atoms with Crippen LogP contribution in [0.5, 0.6) is 0 Å². The highest BCUT2D eigenvalue weighted by Crippen LogP contribution is 2.33. The molecule has 0 unspecified atom stereocenters. The number of carbonyl (C=O) groups excluding carboxylic acids is 2. The number of benzene rings is 1. The molecule has 0 aromatic heterocycles. The van der Waals surface area contributed by atoms with E-state index in [1.54, 1.807) is 14.1 Å². The summed E-state index contributed by atoms with van der Waals surface area (Å²) in [4.78, 5) is 25.3. The normalized spacial score (nSPS) is 13.6. The number of nitrogens with zero attached hydrogens (tertiary/aromatic N) is 1. The molecule has 2 N–H and O–H groups in total. The van der Waals surface area contributed by atoms with Crippen LogP contribution < -0.4 is 10.6 Å². The first-order valence-electron chi connectivity index (χ1n) is 5.57. The Balaban J connectivity index is 2.04. The quantitative estimate of drug-likeness (QED) is 0.863. The molecule has 1 aliphatic heterocycles. The molecular weight excluding hydrogens is 250 g/mol. The van der Waals surface area contributed by atoms with Crippen molar-refractivity contribution in [2.24, 2.45) is 0 Å². The maximum atomic E-state index is 11.4. The maximum absolute atomic E-state index is 11.4. The van der Waals surface area contributed by atoms with E-state index >= 15 is 0 Å². The second kappa shape index (κ2) is 5.30. The standard InChI is InChI=1S/C12H15N3O2S/c1-15(2)12(17)6-13-8-3-4-10-9(5-8)14-11(16)7-18-10/h3-5,13H,6-7H2,1-2H3,(H,14,16). The van der Waals surface area contributed by atoms with Crippen molar-refractivity contribution in [2.45, 2.75) is 4.90 Å². The van der Waals surface area contributed by atoms with Gasteiger partial charge >= 0.3 is 0 Å². The van der Waals surface area contributed by atoms with Crippen molar-refractivity contribution in [3.8, 4) is 0 Å². The lowest BCUT2D eigenvalue weighted by Crippen LogP contribution is -2.28. The molecule has 1 heterocycles. The fourth-order valence-electron chi connectivity index (χ4n) is 1.53. The molecule has 1 aliphatic rings. The zero-order valence-electron chi connectivity index (χ0n) is 10.3. The van der Waals surface area contributed by atoms with Crippen molar-refractivity contribution in [2.75, 3.05) is 37.0 Å². The molecule has 96 valence electrons. The summed E-state index contributed by atoms with van der Waals surface area (Å²) >= 11 is 1.52. The van der Waals surface area contributed by atoms with E-state index < -0.39 is 0 Å². The molecule has 2 rings (SSSR count). The van der Waals surface area contributed by atoms with E-state index in [-0.39, 0.29) is 18.4 Å². The lowest BCUT2D eigenvalue weighted by Gasteiger charge is -2.18. The Bertz CT molecular complexity index is 488. The first-order chi connectivity index (χ1) is 8.56. The largest absolute Gasteiger partial charge is 0.376 e. The van der Waals surface area contributed by atoms with E-state index in [4.69, 9.17) is 0 Å². The summed E-state index contributed by atoms with van der Waals surface area (Å²) in [5.74, 6) is 0.471. The van der Waals surface area contributed by atoms with Gasteiger partial charge in [0.2, 0.25) is 11.8 Å². The third kappa shape index (κ3) is 2.95. The first kappa shape index (κ1) is 12.8. The number of nitrogens with one attached hydrogen (secondary N) is 2. The van der Waals surface area contributed by atoms with Gasteiger partial charge in [-0.05, 0) is 18.2 Å². The SMILES string of the molecule is CN(C)C(=O)CNc1ccc2c(c1)NC(=O)CS2. The van der Waals surface area contributed by atoms with Gasteiger partial charge in [0, 0.05) is 24.7 Å². The van der Waals surface area contributed by atoms with E-state index in [1.807, 2.05) is 18.2 Å². The Morgan fingerprint density at radius 1 is 1.50 bits per heavy atom. The number of likely N-dealkylation sites (N-methyl/N-ethyl adjacent to an activating group) is 1. The summed E-state index contributed by atoms with van der Waals surface area (Å²) in [5.41, 5.74) is 1.63. The van der Waals surface area contributed by atoms with Crippen LogP contribution in [0.15, 0.2) is 23.1 Å². The highest BCUT2D eigenvalue weighted by atomic mass is 32.2. The Morgan fingerprint density at radius 2 is 2.28 bits per heavy atom. The average molecular weight is 265 g/mol. The topological polar surface area (TPSA) is 61.4 Å². The van der Waals surface area contributed by atoms with Crippen LogP contribution in [-0.4, -0.2) is 43.1 Å². The average Bonchev–Trinajstić information content (AvgIpc) is 2.35. The summed E-state index contributed by atoms with van der Waals surface area (Å²) in [5, 5.41) is 5.85. The number of rotatable bonds is 3. The molecule has 0 spiro atoms. The minimum absolute atomic E-state index is 0.00568. The van der Waals surface area contributed by atoms with Gasteiger partial charge in [-0.1, -0.05) is 0 Å². The lowest BCUT2D eigenvalue weighted by atomic mass is 10.2. The molecular formula is C12H15N3O2S. The van der Waals surface area contributed by atoms with Gasteiger partial charge in [-0.3, -0.25) is 9.59 Å². The number of fused-ring (bicyclic) bond motifs is 1. The summed E-state index contributed by atoms with van der Waals surface area (Å²) in [6, 6.07) is 5.70. The van der Waals surface area contributed by atoms with Crippen molar-refractivity contribution >= 4 is 35.0 Å². The Hall–Kier alpha value is -1.69. The monoisotopic (exact) mass is 265 g/mol. The van der Waals surface area contributed by atoms with Crippen molar-refractivity contribution in [3.63, 3.8) is 0 Å². The minimum Gasteiger partial charge on any atom is -0.376 e.